The molecule has 1 amide bonds. The second-order valence-corrected chi connectivity index (χ2v) is 7.96. The summed E-state index contributed by atoms with van der Waals surface area (Å²) in [6.07, 6.45) is 2.98. The largest absolute Gasteiger partial charge is 0.444 e. The van der Waals surface area contributed by atoms with E-state index in [4.69, 9.17) is 4.74 Å². The van der Waals surface area contributed by atoms with Crippen molar-refractivity contribution in [2.75, 3.05) is 25.1 Å². The van der Waals surface area contributed by atoms with Crippen molar-refractivity contribution in [3.8, 4) is 0 Å². The predicted molar refractivity (Wildman–Crippen MR) is 93.0 cm³/mol. The lowest BCUT2D eigenvalue weighted by atomic mass is 9.95. The monoisotopic (exact) mass is 318 g/mol. The molecule has 0 aliphatic rings. The average Bonchev–Trinajstić information content (AvgIpc) is 2.33. The number of ether oxygens (including phenoxy) is 1. The number of hydrogen-bond donors (Lipinski definition) is 2. The van der Waals surface area contributed by atoms with Crippen molar-refractivity contribution in [1.29, 1.82) is 0 Å². The number of thioether (sulfide) groups is 1. The van der Waals surface area contributed by atoms with Gasteiger partial charge >= 0.3 is 6.09 Å². The molecule has 2 atom stereocenters. The van der Waals surface area contributed by atoms with E-state index in [1.165, 1.54) is 12.2 Å². The Kier molecular flexibility index (Phi) is 10.1. The number of carbonyl (C=O) groups excluding carboxylic acids is 1. The quantitative estimate of drug-likeness (QED) is 0.683. The molecule has 0 aromatic heterocycles. The maximum Gasteiger partial charge on any atom is 0.407 e. The lowest BCUT2D eigenvalue weighted by molar-refractivity contribution is 0.0514. The van der Waals surface area contributed by atoms with Crippen molar-refractivity contribution in [2.24, 2.45) is 11.8 Å². The van der Waals surface area contributed by atoms with Crippen molar-refractivity contribution in [2.45, 2.75) is 59.6 Å². The Hall–Kier alpha value is -0.420. The molecule has 0 bridgehead atoms. The zero-order valence-electron chi connectivity index (χ0n) is 14.8. The van der Waals surface area contributed by atoms with Crippen molar-refractivity contribution in [1.82, 2.24) is 10.6 Å². The van der Waals surface area contributed by atoms with Gasteiger partial charge in [0, 0.05) is 19.1 Å². The standard InChI is InChI=1S/C16H34N2O2S/c1-12(2)14(10-17-13(3)8-9-21-7)11-18-15(19)20-16(4,5)6/h12-14,17H,8-11H2,1-7H3,(H,18,19). The van der Waals surface area contributed by atoms with Crippen molar-refractivity contribution < 1.29 is 9.53 Å². The van der Waals surface area contributed by atoms with Gasteiger partial charge in [-0.25, -0.2) is 4.79 Å². The van der Waals surface area contributed by atoms with Gasteiger partial charge in [0.1, 0.15) is 5.60 Å². The lowest BCUT2D eigenvalue weighted by Gasteiger charge is -2.25. The minimum Gasteiger partial charge on any atom is -0.444 e. The smallest absolute Gasteiger partial charge is 0.407 e. The third-order valence-corrected chi connectivity index (χ3v) is 3.98. The third kappa shape index (κ3) is 11.9. The van der Waals surface area contributed by atoms with Crippen LogP contribution >= 0.6 is 11.8 Å². The van der Waals surface area contributed by atoms with E-state index in [1.54, 1.807) is 0 Å². The molecule has 0 aliphatic heterocycles. The molecule has 0 saturated heterocycles. The molecule has 0 spiro atoms. The second-order valence-electron chi connectivity index (χ2n) is 6.98. The molecule has 0 aliphatic carbocycles. The normalized spacial score (nSPS) is 14.9. The zero-order chi connectivity index (χ0) is 16.5. The fourth-order valence-electron chi connectivity index (χ4n) is 1.82. The van der Waals surface area contributed by atoms with Crippen LogP contribution in [-0.2, 0) is 4.74 Å². The van der Waals surface area contributed by atoms with Gasteiger partial charge in [-0.1, -0.05) is 13.8 Å². The summed E-state index contributed by atoms with van der Waals surface area (Å²) in [5.74, 6) is 2.10. The van der Waals surface area contributed by atoms with Gasteiger partial charge in [-0.2, -0.15) is 11.8 Å². The maximum absolute atomic E-state index is 11.7. The Bertz CT molecular complexity index is 290. The summed E-state index contributed by atoms with van der Waals surface area (Å²) in [6, 6.07) is 0.514. The number of alkyl carbamates (subject to hydrolysis) is 1. The Morgan fingerprint density at radius 2 is 1.81 bits per heavy atom. The number of amides is 1. The summed E-state index contributed by atoms with van der Waals surface area (Å²) >= 11 is 1.88. The van der Waals surface area contributed by atoms with E-state index in [2.05, 4.69) is 37.7 Å². The van der Waals surface area contributed by atoms with E-state index in [0.29, 0.717) is 24.4 Å². The van der Waals surface area contributed by atoms with E-state index < -0.39 is 5.60 Å². The Morgan fingerprint density at radius 1 is 1.19 bits per heavy atom. The number of hydrogen-bond acceptors (Lipinski definition) is 4. The topological polar surface area (TPSA) is 50.4 Å². The van der Waals surface area contributed by atoms with Gasteiger partial charge in [0.25, 0.3) is 0 Å². The van der Waals surface area contributed by atoms with Crippen LogP contribution in [0.1, 0.15) is 48.0 Å². The van der Waals surface area contributed by atoms with Crippen LogP contribution in [-0.4, -0.2) is 42.8 Å². The highest BCUT2D eigenvalue weighted by molar-refractivity contribution is 7.98. The first-order valence-electron chi connectivity index (χ1n) is 7.85. The van der Waals surface area contributed by atoms with E-state index >= 15 is 0 Å². The summed E-state index contributed by atoms with van der Waals surface area (Å²) in [5.41, 5.74) is -0.442. The van der Waals surface area contributed by atoms with E-state index in [0.717, 1.165) is 6.54 Å². The lowest BCUT2D eigenvalue weighted by Crippen LogP contribution is -2.41. The van der Waals surface area contributed by atoms with Gasteiger partial charge in [0.05, 0.1) is 0 Å². The number of carbonyl (C=O) groups is 1. The van der Waals surface area contributed by atoms with Gasteiger partial charge in [0.15, 0.2) is 0 Å². The molecular weight excluding hydrogens is 284 g/mol. The van der Waals surface area contributed by atoms with Crippen LogP contribution < -0.4 is 10.6 Å². The molecule has 5 heteroatoms. The maximum atomic E-state index is 11.7. The Balaban J connectivity index is 4.11. The third-order valence-electron chi connectivity index (χ3n) is 3.33. The van der Waals surface area contributed by atoms with Crippen molar-refractivity contribution in [3.63, 3.8) is 0 Å². The van der Waals surface area contributed by atoms with E-state index in [-0.39, 0.29) is 6.09 Å². The summed E-state index contributed by atoms with van der Waals surface area (Å²) in [6.45, 7) is 13.8. The first-order valence-corrected chi connectivity index (χ1v) is 9.24. The molecule has 2 unspecified atom stereocenters. The van der Waals surface area contributed by atoms with Gasteiger partial charge < -0.3 is 15.4 Å². The number of nitrogens with one attached hydrogen (secondary N) is 2. The highest BCUT2D eigenvalue weighted by Gasteiger charge is 2.19. The van der Waals surface area contributed by atoms with Crippen molar-refractivity contribution >= 4 is 17.9 Å². The fraction of sp³-hybridized carbons (Fsp3) is 0.938. The first-order chi connectivity index (χ1) is 9.65. The fourth-order valence-corrected chi connectivity index (χ4v) is 2.41. The first kappa shape index (κ1) is 20.6. The molecular formula is C16H34N2O2S. The molecule has 0 radical (unpaired) electrons. The highest BCUT2D eigenvalue weighted by atomic mass is 32.2. The molecule has 0 aromatic carbocycles. The van der Waals surface area contributed by atoms with Crippen LogP contribution in [0.15, 0.2) is 0 Å². The second kappa shape index (κ2) is 10.3. The van der Waals surface area contributed by atoms with Gasteiger partial charge in [-0.3, -0.25) is 0 Å². The van der Waals surface area contributed by atoms with Crippen LogP contribution in [0.2, 0.25) is 0 Å². The van der Waals surface area contributed by atoms with Crippen molar-refractivity contribution in [3.05, 3.63) is 0 Å². The van der Waals surface area contributed by atoms with Gasteiger partial charge in [0.2, 0.25) is 0 Å². The summed E-state index contributed by atoms with van der Waals surface area (Å²) < 4.78 is 5.27. The molecule has 0 fully saturated rings. The van der Waals surface area contributed by atoms with Crippen LogP contribution in [0.25, 0.3) is 0 Å². The SMILES string of the molecule is CSCCC(C)NCC(CNC(=O)OC(C)(C)C)C(C)C. The molecule has 4 nitrogen and oxygen atoms in total. The minimum absolute atomic E-state index is 0.330. The molecule has 0 saturated carbocycles. The summed E-state index contributed by atoms with van der Waals surface area (Å²) in [4.78, 5) is 11.7. The molecule has 21 heavy (non-hydrogen) atoms. The average molecular weight is 319 g/mol. The van der Waals surface area contributed by atoms with Crippen LogP contribution in [0.4, 0.5) is 4.79 Å². The highest BCUT2D eigenvalue weighted by Crippen LogP contribution is 2.11. The van der Waals surface area contributed by atoms with Gasteiger partial charge in [-0.05, 0) is 58.0 Å². The molecule has 0 aromatic rings. The minimum atomic E-state index is -0.442. The van der Waals surface area contributed by atoms with Gasteiger partial charge in [-0.15, -0.1) is 0 Å². The van der Waals surface area contributed by atoms with E-state index in [9.17, 15) is 4.79 Å². The Labute approximate surface area is 135 Å². The molecule has 0 heterocycles. The van der Waals surface area contributed by atoms with Crippen LogP contribution in [0.3, 0.4) is 0 Å². The number of rotatable bonds is 9. The van der Waals surface area contributed by atoms with Crippen LogP contribution in [0, 0.1) is 11.8 Å². The zero-order valence-corrected chi connectivity index (χ0v) is 15.6. The molecule has 2 N–H and O–H groups in total. The molecule has 0 rings (SSSR count). The van der Waals surface area contributed by atoms with E-state index in [1.807, 2.05) is 32.5 Å². The predicted octanol–water partition coefficient (Wildman–Crippen LogP) is 3.51. The summed E-state index contributed by atoms with van der Waals surface area (Å²) in [7, 11) is 0. The summed E-state index contributed by atoms with van der Waals surface area (Å²) in [5, 5.41) is 6.45. The molecule has 126 valence electrons. The van der Waals surface area contributed by atoms with Crippen LogP contribution in [0.5, 0.6) is 0 Å². The Morgan fingerprint density at radius 3 is 2.29 bits per heavy atom.